The lowest BCUT2D eigenvalue weighted by Crippen LogP contribution is -2.28. The van der Waals surface area contributed by atoms with Crippen molar-refractivity contribution in [2.75, 3.05) is 6.54 Å². The summed E-state index contributed by atoms with van der Waals surface area (Å²) in [5.41, 5.74) is 5.07. The van der Waals surface area contributed by atoms with Crippen LogP contribution in [0.5, 0.6) is 0 Å². The number of carbonyl (C=O) groups excluding carboxylic acids is 1. The summed E-state index contributed by atoms with van der Waals surface area (Å²) in [5.74, 6) is 0.186. The fraction of sp³-hybridized carbons (Fsp3) is 0.167. The number of amides is 1. The van der Waals surface area contributed by atoms with Crippen LogP contribution >= 0.6 is 11.6 Å². The number of aromatic nitrogens is 5. The summed E-state index contributed by atoms with van der Waals surface area (Å²) in [7, 11) is 0. The quantitative estimate of drug-likeness (QED) is 0.270. The first-order valence-corrected chi connectivity index (χ1v) is 13.0. The molecule has 3 aromatic carbocycles. The summed E-state index contributed by atoms with van der Waals surface area (Å²) in [5, 5.41) is 4.92. The second kappa shape index (κ2) is 10.6. The molecular formula is C30H27ClN6O. The molecule has 0 atom stereocenters. The van der Waals surface area contributed by atoms with E-state index in [4.69, 9.17) is 11.6 Å². The van der Waals surface area contributed by atoms with E-state index in [2.05, 4.69) is 54.9 Å². The number of carbonyl (C=O) groups is 1. The van der Waals surface area contributed by atoms with Crippen molar-refractivity contribution in [2.24, 2.45) is 0 Å². The van der Waals surface area contributed by atoms with Gasteiger partial charge in [-0.25, -0.2) is 9.97 Å². The standard InChI is InChI=1S/C30H27ClN6O/c31-24-10-11-26-28(18-24)37(19-22-6-2-1-3-7-22)29(34-26)30(38)33-13-12-23-20-36(17-16-35-15-14-32-21-35)27-9-5-4-8-25(23)27/h1-11,14-15,18,20-21H,12-13,16-17,19H2,(H,33,38). The summed E-state index contributed by atoms with van der Waals surface area (Å²) in [6, 6.07) is 24.0. The van der Waals surface area contributed by atoms with E-state index in [1.165, 1.54) is 16.5 Å². The van der Waals surface area contributed by atoms with Gasteiger partial charge in [0, 0.05) is 60.7 Å². The second-order valence-corrected chi connectivity index (χ2v) is 9.75. The molecule has 0 bridgehead atoms. The van der Waals surface area contributed by atoms with Crippen LogP contribution < -0.4 is 5.32 Å². The van der Waals surface area contributed by atoms with Crippen molar-refractivity contribution in [1.82, 2.24) is 29.0 Å². The van der Waals surface area contributed by atoms with Crippen LogP contribution in [-0.2, 0) is 26.1 Å². The Morgan fingerprint density at radius 1 is 0.947 bits per heavy atom. The van der Waals surface area contributed by atoms with Crippen LogP contribution in [-0.4, -0.2) is 36.1 Å². The lowest BCUT2D eigenvalue weighted by molar-refractivity contribution is 0.0940. The van der Waals surface area contributed by atoms with E-state index in [0.29, 0.717) is 23.9 Å². The SMILES string of the molecule is O=C(NCCc1cn(CCn2ccnc2)c2ccccc12)c1nc2ccc(Cl)cc2n1Cc1ccccc1. The second-order valence-electron chi connectivity index (χ2n) is 9.31. The van der Waals surface area contributed by atoms with Gasteiger partial charge >= 0.3 is 0 Å². The molecule has 0 aliphatic carbocycles. The third-order valence-electron chi connectivity index (χ3n) is 6.81. The van der Waals surface area contributed by atoms with E-state index in [1.807, 2.05) is 59.6 Å². The highest BCUT2D eigenvalue weighted by Crippen LogP contribution is 2.24. The number of nitrogens with zero attached hydrogens (tertiary/aromatic N) is 5. The van der Waals surface area contributed by atoms with Gasteiger partial charge in [-0.15, -0.1) is 0 Å². The van der Waals surface area contributed by atoms with Crippen LogP contribution in [0.25, 0.3) is 21.9 Å². The van der Waals surface area contributed by atoms with Gasteiger partial charge in [-0.2, -0.15) is 0 Å². The van der Waals surface area contributed by atoms with E-state index in [9.17, 15) is 4.79 Å². The molecule has 0 aliphatic rings. The number of aryl methyl sites for hydroxylation is 2. The summed E-state index contributed by atoms with van der Waals surface area (Å²) in [6.45, 7) is 2.72. The minimum atomic E-state index is -0.197. The highest BCUT2D eigenvalue weighted by atomic mass is 35.5. The molecule has 0 spiro atoms. The molecule has 3 heterocycles. The number of fused-ring (bicyclic) bond motifs is 2. The molecule has 3 aromatic heterocycles. The van der Waals surface area contributed by atoms with Crippen LogP contribution in [0.2, 0.25) is 5.02 Å². The van der Waals surface area contributed by atoms with Gasteiger partial charge < -0.3 is 19.0 Å². The Morgan fingerprint density at radius 2 is 1.79 bits per heavy atom. The Labute approximate surface area is 225 Å². The topological polar surface area (TPSA) is 69.7 Å². The van der Waals surface area contributed by atoms with Gasteiger partial charge in [0.15, 0.2) is 5.82 Å². The maximum absolute atomic E-state index is 13.4. The maximum Gasteiger partial charge on any atom is 0.287 e. The lowest BCUT2D eigenvalue weighted by atomic mass is 10.1. The summed E-state index contributed by atoms with van der Waals surface area (Å²) >= 11 is 6.29. The van der Waals surface area contributed by atoms with E-state index in [-0.39, 0.29) is 5.91 Å². The number of imidazole rings is 2. The third kappa shape index (κ3) is 4.93. The number of hydrogen-bond donors (Lipinski definition) is 1. The predicted molar refractivity (Wildman–Crippen MR) is 150 cm³/mol. The largest absolute Gasteiger partial charge is 0.349 e. The van der Waals surface area contributed by atoms with Gasteiger partial charge in [0.25, 0.3) is 5.91 Å². The Morgan fingerprint density at radius 3 is 2.63 bits per heavy atom. The van der Waals surface area contributed by atoms with Crippen LogP contribution in [0.3, 0.4) is 0 Å². The number of halogens is 1. The first-order valence-electron chi connectivity index (χ1n) is 12.7. The lowest BCUT2D eigenvalue weighted by Gasteiger charge is -2.10. The molecule has 7 nitrogen and oxygen atoms in total. The van der Waals surface area contributed by atoms with Crippen molar-refractivity contribution in [3.05, 3.63) is 120 Å². The first kappa shape index (κ1) is 24.0. The highest BCUT2D eigenvalue weighted by molar-refractivity contribution is 6.31. The predicted octanol–water partition coefficient (Wildman–Crippen LogP) is 5.56. The molecule has 190 valence electrons. The molecule has 0 fully saturated rings. The summed E-state index contributed by atoms with van der Waals surface area (Å²) < 4.78 is 6.28. The first-order chi connectivity index (χ1) is 18.7. The number of nitrogens with one attached hydrogen (secondary N) is 1. The van der Waals surface area contributed by atoms with Crippen molar-refractivity contribution in [3.63, 3.8) is 0 Å². The average molecular weight is 523 g/mol. The molecule has 0 saturated carbocycles. The van der Waals surface area contributed by atoms with Gasteiger partial charge in [0.2, 0.25) is 0 Å². The normalized spacial score (nSPS) is 11.4. The number of hydrogen-bond acceptors (Lipinski definition) is 3. The van der Waals surface area contributed by atoms with Gasteiger partial charge in [-0.05, 0) is 41.8 Å². The smallest absolute Gasteiger partial charge is 0.287 e. The summed E-state index contributed by atoms with van der Waals surface area (Å²) in [6.07, 6.45) is 8.52. The van der Waals surface area contributed by atoms with Crippen molar-refractivity contribution >= 4 is 39.4 Å². The minimum Gasteiger partial charge on any atom is -0.349 e. The fourth-order valence-electron chi connectivity index (χ4n) is 4.93. The van der Waals surface area contributed by atoms with Crippen LogP contribution in [0.1, 0.15) is 21.7 Å². The molecule has 0 aliphatic heterocycles. The number of rotatable bonds is 9. The number of benzene rings is 3. The molecule has 6 aromatic rings. The van der Waals surface area contributed by atoms with E-state index in [0.717, 1.165) is 36.1 Å². The van der Waals surface area contributed by atoms with E-state index >= 15 is 0 Å². The van der Waals surface area contributed by atoms with Crippen LogP contribution in [0.15, 0.2) is 97.7 Å². The molecule has 1 N–H and O–H groups in total. The van der Waals surface area contributed by atoms with E-state index in [1.54, 1.807) is 12.3 Å². The monoisotopic (exact) mass is 522 g/mol. The Kier molecular flexibility index (Phi) is 6.67. The van der Waals surface area contributed by atoms with Crippen molar-refractivity contribution < 1.29 is 4.79 Å². The zero-order valence-corrected chi connectivity index (χ0v) is 21.6. The average Bonchev–Trinajstić information content (AvgIpc) is 3.67. The fourth-order valence-corrected chi connectivity index (χ4v) is 5.10. The zero-order chi connectivity index (χ0) is 25.9. The van der Waals surface area contributed by atoms with Crippen molar-refractivity contribution in [2.45, 2.75) is 26.1 Å². The highest BCUT2D eigenvalue weighted by Gasteiger charge is 2.18. The molecule has 0 unspecified atom stereocenters. The van der Waals surface area contributed by atoms with Gasteiger partial charge in [0.1, 0.15) is 0 Å². The van der Waals surface area contributed by atoms with E-state index < -0.39 is 0 Å². The molecule has 6 rings (SSSR count). The third-order valence-corrected chi connectivity index (χ3v) is 7.04. The maximum atomic E-state index is 13.4. The molecular weight excluding hydrogens is 496 g/mol. The molecule has 0 saturated heterocycles. The molecule has 1 amide bonds. The molecule has 8 heteroatoms. The van der Waals surface area contributed by atoms with Crippen LogP contribution in [0.4, 0.5) is 0 Å². The summed E-state index contributed by atoms with van der Waals surface area (Å²) in [4.78, 5) is 22.2. The van der Waals surface area contributed by atoms with Gasteiger partial charge in [-0.1, -0.05) is 60.1 Å². The Hall–Kier alpha value is -4.36. The van der Waals surface area contributed by atoms with Crippen molar-refractivity contribution in [3.8, 4) is 0 Å². The van der Waals surface area contributed by atoms with Crippen LogP contribution in [0, 0.1) is 0 Å². The van der Waals surface area contributed by atoms with Crippen molar-refractivity contribution in [1.29, 1.82) is 0 Å². The molecule has 38 heavy (non-hydrogen) atoms. The minimum absolute atomic E-state index is 0.197. The Bertz CT molecular complexity index is 1700. The van der Waals surface area contributed by atoms with Gasteiger partial charge in [0.05, 0.1) is 17.4 Å². The van der Waals surface area contributed by atoms with Gasteiger partial charge in [-0.3, -0.25) is 4.79 Å². The molecule has 0 radical (unpaired) electrons. The zero-order valence-electron chi connectivity index (χ0n) is 20.8. The number of para-hydroxylation sites is 1. The Balaban J connectivity index is 1.20.